The Morgan fingerprint density at radius 3 is 2.38 bits per heavy atom. The Labute approximate surface area is 146 Å². The lowest BCUT2D eigenvalue weighted by Crippen LogP contribution is -2.39. The van der Waals surface area contributed by atoms with E-state index in [-0.39, 0.29) is 35.4 Å². The van der Waals surface area contributed by atoms with E-state index in [2.05, 4.69) is 25.3 Å². The number of hydrogen-bond acceptors (Lipinski definition) is 4. The Kier molecular flexibility index (Phi) is 5.31. The molecule has 1 fully saturated rings. The largest absolute Gasteiger partial charge is 0.343 e. The van der Waals surface area contributed by atoms with Crippen molar-refractivity contribution in [2.45, 2.75) is 59.5 Å². The summed E-state index contributed by atoms with van der Waals surface area (Å²) >= 11 is 0. The monoisotopic (exact) mass is 354 g/mol. The number of aromatic nitrogens is 1. The van der Waals surface area contributed by atoms with Crippen LogP contribution in [0.1, 0.15) is 55.9 Å². The molecular formula is C18H30N2O3S. The van der Waals surface area contributed by atoms with Gasteiger partial charge in [-0.1, -0.05) is 6.92 Å². The number of ketones is 1. The maximum atomic E-state index is 12.8. The molecule has 0 bridgehead atoms. The van der Waals surface area contributed by atoms with Gasteiger partial charge in [-0.05, 0) is 53.7 Å². The Morgan fingerprint density at radius 1 is 1.33 bits per heavy atom. The van der Waals surface area contributed by atoms with Gasteiger partial charge in [0, 0.05) is 28.5 Å². The highest BCUT2D eigenvalue weighted by Crippen LogP contribution is 2.25. The molecule has 0 aliphatic carbocycles. The van der Waals surface area contributed by atoms with E-state index in [4.69, 9.17) is 0 Å². The van der Waals surface area contributed by atoms with Gasteiger partial charge in [0.05, 0.1) is 18.1 Å². The van der Waals surface area contributed by atoms with E-state index in [1.165, 1.54) is 0 Å². The summed E-state index contributed by atoms with van der Waals surface area (Å²) in [6, 6.07) is 1.93. The number of hydrogen-bond donors (Lipinski definition) is 0. The minimum atomic E-state index is -2.94. The van der Waals surface area contributed by atoms with Gasteiger partial charge in [0.25, 0.3) is 0 Å². The number of carbonyl (C=O) groups is 1. The molecule has 0 N–H and O–H groups in total. The summed E-state index contributed by atoms with van der Waals surface area (Å²) in [4.78, 5) is 14.9. The third-order valence-corrected chi connectivity index (χ3v) is 6.63. The normalized spacial score (nSPS) is 20.7. The highest BCUT2D eigenvalue weighted by atomic mass is 32.2. The van der Waals surface area contributed by atoms with Gasteiger partial charge in [-0.2, -0.15) is 0 Å². The van der Waals surface area contributed by atoms with Crippen LogP contribution in [0.25, 0.3) is 0 Å². The molecule has 1 aliphatic rings. The van der Waals surface area contributed by atoms with Crippen molar-refractivity contribution in [3.63, 3.8) is 0 Å². The molecule has 1 unspecified atom stereocenters. The molecule has 0 aromatic carbocycles. The highest BCUT2D eigenvalue weighted by molar-refractivity contribution is 7.91. The molecule has 0 spiro atoms. The van der Waals surface area contributed by atoms with Crippen molar-refractivity contribution < 1.29 is 13.2 Å². The van der Waals surface area contributed by atoms with Crippen LogP contribution in [-0.4, -0.2) is 54.3 Å². The number of rotatable bonds is 5. The zero-order valence-corrected chi connectivity index (χ0v) is 16.5. The van der Waals surface area contributed by atoms with Gasteiger partial charge in [0.2, 0.25) is 0 Å². The van der Waals surface area contributed by atoms with Gasteiger partial charge in [-0.25, -0.2) is 8.42 Å². The fourth-order valence-electron chi connectivity index (χ4n) is 3.91. The zero-order chi connectivity index (χ0) is 18.3. The summed E-state index contributed by atoms with van der Waals surface area (Å²) in [5, 5.41) is 0. The molecule has 1 saturated heterocycles. The van der Waals surface area contributed by atoms with Gasteiger partial charge in [-0.15, -0.1) is 0 Å². The van der Waals surface area contributed by atoms with E-state index in [9.17, 15) is 13.2 Å². The SMILES string of the molecule is CCN(CC(=O)c1cc(C)n(C(C)(C)C)c1C)C1CCS(=O)(=O)C1. The van der Waals surface area contributed by atoms with Gasteiger partial charge >= 0.3 is 0 Å². The molecular weight excluding hydrogens is 324 g/mol. The molecule has 1 aliphatic heterocycles. The Hall–Kier alpha value is -1.14. The van der Waals surface area contributed by atoms with Crippen molar-refractivity contribution in [2.75, 3.05) is 24.6 Å². The van der Waals surface area contributed by atoms with Crippen molar-refractivity contribution in [1.29, 1.82) is 0 Å². The summed E-state index contributed by atoms with van der Waals surface area (Å²) in [6.07, 6.45) is 0.629. The van der Waals surface area contributed by atoms with E-state index < -0.39 is 9.84 Å². The van der Waals surface area contributed by atoms with Crippen molar-refractivity contribution in [2.24, 2.45) is 0 Å². The minimum Gasteiger partial charge on any atom is -0.343 e. The summed E-state index contributed by atoms with van der Waals surface area (Å²) in [7, 11) is -2.94. The van der Waals surface area contributed by atoms with E-state index in [0.717, 1.165) is 17.0 Å². The first-order valence-corrected chi connectivity index (χ1v) is 10.5. The van der Waals surface area contributed by atoms with Crippen LogP contribution >= 0.6 is 0 Å². The number of nitrogens with zero attached hydrogens (tertiary/aromatic N) is 2. The second-order valence-electron chi connectivity index (χ2n) is 7.83. The Morgan fingerprint density at radius 2 is 1.96 bits per heavy atom. The lowest BCUT2D eigenvalue weighted by atomic mass is 10.1. The van der Waals surface area contributed by atoms with Crippen LogP contribution in [0, 0.1) is 13.8 Å². The van der Waals surface area contributed by atoms with Crippen LogP contribution < -0.4 is 0 Å². The van der Waals surface area contributed by atoms with E-state index in [1.54, 1.807) is 0 Å². The zero-order valence-electron chi connectivity index (χ0n) is 15.7. The molecule has 1 atom stereocenters. The summed E-state index contributed by atoms with van der Waals surface area (Å²) in [5.41, 5.74) is 2.74. The molecule has 2 rings (SSSR count). The number of Topliss-reactive ketones (excluding diaryl/α,β-unsaturated/α-hetero) is 1. The molecule has 6 heteroatoms. The smallest absolute Gasteiger partial charge is 0.178 e. The fourth-order valence-corrected chi connectivity index (χ4v) is 5.67. The molecule has 136 valence electrons. The third kappa shape index (κ3) is 3.91. The van der Waals surface area contributed by atoms with Crippen LogP contribution in [0.2, 0.25) is 0 Å². The third-order valence-electron chi connectivity index (χ3n) is 4.88. The molecule has 1 aromatic rings. The summed E-state index contributed by atoms with van der Waals surface area (Å²) in [5.74, 6) is 0.487. The van der Waals surface area contributed by atoms with E-state index >= 15 is 0 Å². The Balaban J connectivity index is 2.20. The molecule has 0 radical (unpaired) electrons. The first-order valence-electron chi connectivity index (χ1n) is 8.63. The maximum Gasteiger partial charge on any atom is 0.178 e. The van der Waals surface area contributed by atoms with Crippen LogP contribution in [-0.2, 0) is 15.4 Å². The lowest BCUT2D eigenvalue weighted by Gasteiger charge is -2.27. The number of carbonyl (C=O) groups excluding carboxylic acids is 1. The summed E-state index contributed by atoms with van der Waals surface area (Å²) < 4.78 is 25.6. The molecule has 2 heterocycles. The van der Waals surface area contributed by atoms with Crippen molar-refractivity contribution in [3.05, 3.63) is 23.0 Å². The summed E-state index contributed by atoms with van der Waals surface area (Å²) in [6.45, 7) is 13.3. The standard InChI is InChI=1S/C18H30N2O3S/c1-7-19(15-8-9-24(22,23)12-15)11-17(21)16-10-13(2)20(14(16)3)18(4,5)6/h10,15H,7-9,11-12H2,1-6H3. The van der Waals surface area contributed by atoms with Crippen LogP contribution in [0.4, 0.5) is 0 Å². The molecule has 0 saturated carbocycles. The average molecular weight is 355 g/mol. The predicted molar refractivity (Wildman–Crippen MR) is 97.5 cm³/mol. The lowest BCUT2D eigenvalue weighted by molar-refractivity contribution is 0.0906. The van der Waals surface area contributed by atoms with Gasteiger partial charge in [-0.3, -0.25) is 9.69 Å². The predicted octanol–water partition coefficient (Wildman–Crippen LogP) is 2.55. The second-order valence-corrected chi connectivity index (χ2v) is 10.1. The number of sulfone groups is 1. The van der Waals surface area contributed by atoms with Crippen LogP contribution in [0.15, 0.2) is 6.07 Å². The van der Waals surface area contributed by atoms with Crippen LogP contribution in [0.3, 0.4) is 0 Å². The quantitative estimate of drug-likeness (QED) is 0.763. The topological polar surface area (TPSA) is 59.4 Å². The highest BCUT2D eigenvalue weighted by Gasteiger charge is 2.33. The number of likely N-dealkylation sites (N-methyl/N-ethyl adjacent to an activating group) is 1. The van der Waals surface area contributed by atoms with E-state index in [1.807, 2.05) is 31.7 Å². The van der Waals surface area contributed by atoms with Gasteiger partial charge in [0.15, 0.2) is 15.6 Å². The first kappa shape index (κ1) is 19.2. The van der Waals surface area contributed by atoms with Crippen molar-refractivity contribution >= 4 is 15.6 Å². The molecule has 24 heavy (non-hydrogen) atoms. The average Bonchev–Trinajstić information content (AvgIpc) is 2.94. The molecule has 0 amide bonds. The van der Waals surface area contributed by atoms with Gasteiger partial charge in [0.1, 0.15) is 0 Å². The molecule has 1 aromatic heterocycles. The van der Waals surface area contributed by atoms with Crippen molar-refractivity contribution in [3.8, 4) is 0 Å². The second kappa shape index (κ2) is 6.64. The number of aryl methyl sites for hydroxylation is 1. The first-order chi connectivity index (χ1) is 11.0. The fraction of sp³-hybridized carbons (Fsp3) is 0.722. The van der Waals surface area contributed by atoms with E-state index in [0.29, 0.717) is 13.0 Å². The van der Waals surface area contributed by atoms with Crippen LogP contribution in [0.5, 0.6) is 0 Å². The maximum absolute atomic E-state index is 12.8. The molecule has 5 nitrogen and oxygen atoms in total. The minimum absolute atomic E-state index is 0.0324. The van der Waals surface area contributed by atoms with Gasteiger partial charge < -0.3 is 4.57 Å². The van der Waals surface area contributed by atoms with Crippen molar-refractivity contribution in [1.82, 2.24) is 9.47 Å². The Bertz CT molecular complexity index is 726.